The second-order valence-corrected chi connectivity index (χ2v) is 5.19. The number of hydrogen-bond donors (Lipinski definition) is 2. The van der Waals surface area contributed by atoms with Gasteiger partial charge in [-0.05, 0) is 18.4 Å². The second-order valence-electron chi connectivity index (χ2n) is 4.25. The Morgan fingerprint density at radius 2 is 2.19 bits per heavy atom. The summed E-state index contributed by atoms with van der Waals surface area (Å²) in [6.45, 7) is 1.17. The molecule has 9 heteroatoms. The Kier molecular flexibility index (Phi) is 3.51. The first-order valence-corrected chi connectivity index (χ1v) is 6.47. The van der Waals surface area contributed by atoms with E-state index in [4.69, 9.17) is 5.26 Å². The van der Waals surface area contributed by atoms with Crippen LogP contribution in [0.4, 0.5) is 13.2 Å². The fourth-order valence-corrected chi connectivity index (χ4v) is 2.61. The zero-order chi connectivity index (χ0) is 15.8. The highest BCUT2D eigenvalue weighted by atomic mass is 32.1. The maximum atomic E-state index is 13.4. The molecule has 0 spiro atoms. The minimum atomic E-state index is -5.15. The van der Waals surface area contributed by atoms with E-state index in [9.17, 15) is 22.8 Å². The topological polar surface area (TPSA) is 82.0 Å². The van der Waals surface area contributed by atoms with E-state index in [0.29, 0.717) is 0 Å². The molecule has 0 saturated carbocycles. The van der Waals surface area contributed by atoms with E-state index in [1.54, 1.807) is 5.32 Å². The summed E-state index contributed by atoms with van der Waals surface area (Å²) in [6.07, 6.45) is -5.15. The number of nitrogens with one attached hydrogen (secondary N) is 2. The maximum absolute atomic E-state index is 13.4. The Morgan fingerprint density at radius 3 is 2.67 bits per heavy atom. The highest BCUT2D eigenvalue weighted by Crippen LogP contribution is 2.40. The lowest BCUT2D eigenvalue weighted by Crippen LogP contribution is -2.64. The zero-order valence-corrected chi connectivity index (χ0v) is 11.4. The summed E-state index contributed by atoms with van der Waals surface area (Å²) in [5.41, 5.74) is -4.44. The Bertz CT molecular complexity index is 673. The molecule has 5 nitrogen and oxygen atoms in total. The van der Waals surface area contributed by atoms with Crippen LogP contribution in [0.2, 0.25) is 0 Å². The van der Waals surface area contributed by atoms with Gasteiger partial charge in [0.05, 0.1) is 16.5 Å². The highest BCUT2D eigenvalue weighted by Gasteiger charge is 2.67. The standard InChI is InChI=1S/C12H8F3N3O2S/c1-6-7(5-16)11(10(20)17-6,12(13,14)15)18-9(19)8-3-2-4-21-8/h2-4H,1H3,(H,17,20)(H,18,19)/t11-/m1/s1. The van der Waals surface area contributed by atoms with E-state index >= 15 is 0 Å². The minimum Gasteiger partial charge on any atom is -0.326 e. The predicted octanol–water partition coefficient (Wildman–Crippen LogP) is 1.71. The van der Waals surface area contributed by atoms with Crippen molar-refractivity contribution < 1.29 is 22.8 Å². The van der Waals surface area contributed by atoms with Gasteiger partial charge in [0.1, 0.15) is 0 Å². The molecule has 0 bridgehead atoms. The summed E-state index contributed by atoms with van der Waals surface area (Å²) in [7, 11) is 0. The van der Waals surface area contributed by atoms with Gasteiger partial charge in [-0.1, -0.05) is 6.07 Å². The van der Waals surface area contributed by atoms with Crippen LogP contribution in [-0.4, -0.2) is 23.5 Å². The summed E-state index contributed by atoms with van der Waals surface area (Å²) < 4.78 is 40.3. The fourth-order valence-electron chi connectivity index (χ4n) is 1.99. The van der Waals surface area contributed by atoms with E-state index in [1.807, 2.05) is 5.32 Å². The average molecular weight is 315 g/mol. The molecule has 0 aliphatic carbocycles. The van der Waals surface area contributed by atoms with Gasteiger partial charge >= 0.3 is 6.18 Å². The lowest BCUT2D eigenvalue weighted by molar-refractivity contribution is -0.184. The molecule has 2 N–H and O–H groups in total. The molecular weight excluding hydrogens is 307 g/mol. The molecule has 1 aliphatic rings. The van der Waals surface area contributed by atoms with E-state index in [-0.39, 0.29) is 10.6 Å². The van der Waals surface area contributed by atoms with Crippen molar-refractivity contribution in [1.29, 1.82) is 5.26 Å². The van der Waals surface area contributed by atoms with Crippen molar-refractivity contribution in [3.63, 3.8) is 0 Å². The van der Waals surface area contributed by atoms with Gasteiger partial charge in [0.25, 0.3) is 17.4 Å². The number of alkyl halides is 3. The van der Waals surface area contributed by atoms with Crippen LogP contribution in [0.3, 0.4) is 0 Å². The SMILES string of the molecule is CC1=C(C#N)[C@](NC(=O)c2cccs2)(C(F)(F)F)C(=O)N1. The van der Waals surface area contributed by atoms with Gasteiger partial charge in [-0.25, -0.2) is 0 Å². The van der Waals surface area contributed by atoms with Gasteiger partial charge in [-0.3, -0.25) is 9.59 Å². The van der Waals surface area contributed by atoms with Crippen molar-refractivity contribution in [3.8, 4) is 6.07 Å². The number of nitrogens with zero attached hydrogens (tertiary/aromatic N) is 1. The van der Waals surface area contributed by atoms with Crippen molar-refractivity contribution in [2.45, 2.75) is 18.6 Å². The highest BCUT2D eigenvalue weighted by molar-refractivity contribution is 7.12. The van der Waals surface area contributed by atoms with Gasteiger partial charge in [-0.2, -0.15) is 18.4 Å². The van der Waals surface area contributed by atoms with Crippen LogP contribution in [0.25, 0.3) is 0 Å². The molecule has 1 aliphatic heterocycles. The number of hydrogen-bond acceptors (Lipinski definition) is 4. The van der Waals surface area contributed by atoms with Gasteiger partial charge in [0, 0.05) is 5.70 Å². The smallest absolute Gasteiger partial charge is 0.326 e. The molecule has 1 atom stereocenters. The summed E-state index contributed by atoms with van der Waals surface area (Å²) >= 11 is 0.925. The van der Waals surface area contributed by atoms with Gasteiger partial charge < -0.3 is 10.6 Å². The van der Waals surface area contributed by atoms with Gasteiger partial charge in [0.15, 0.2) is 0 Å². The Morgan fingerprint density at radius 1 is 1.52 bits per heavy atom. The number of allylic oxidation sites excluding steroid dienone is 1. The third-order valence-electron chi connectivity index (χ3n) is 2.97. The first kappa shape index (κ1) is 15.1. The minimum absolute atomic E-state index is 0.00766. The number of carbonyl (C=O) groups excluding carboxylic acids is 2. The number of carbonyl (C=O) groups is 2. The van der Waals surface area contributed by atoms with Crippen LogP contribution in [0.15, 0.2) is 28.8 Å². The molecular formula is C12H8F3N3O2S. The number of amides is 2. The molecule has 0 fully saturated rings. The quantitative estimate of drug-likeness (QED) is 0.871. The predicted molar refractivity (Wildman–Crippen MR) is 67.0 cm³/mol. The summed E-state index contributed by atoms with van der Waals surface area (Å²) in [5.74, 6) is -2.56. The van der Waals surface area contributed by atoms with Crippen molar-refractivity contribution in [2.24, 2.45) is 0 Å². The number of thiophene rings is 1. The third kappa shape index (κ3) is 2.17. The third-order valence-corrected chi connectivity index (χ3v) is 3.84. The molecule has 1 aromatic rings. The van der Waals surface area contributed by atoms with E-state index in [0.717, 1.165) is 11.3 Å². The fraction of sp³-hybridized carbons (Fsp3) is 0.250. The summed E-state index contributed by atoms with van der Waals surface area (Å²) in [6, 6.07) is 4.16. The van der Waals surface area contributed by atoms with Crippen LogP contribution in [0, 0.1) is 11.3 Å². The maximum Gasteiger partial charge on any atom is 0.425 e. The van der Waals surface area contributed by atoms with Crippen LogP contribution >= 0.6 is 11.3 Å². The van der Waals surface area contributed by atoms with Gasteiger partial charge in [-0.15, -0.1) is 11.3 Å². The molecule has 2 heterocycles. The first-order chi connectivity index (χ1) is 9.74. The van der Waals surface area contributed by atoms with E-state index in [1.165, 1.54) is 30.5 Å². The normalized spacial score (nSPS) is 22.0. The molecule has 21 heavy (non-hydrogen) atoms. The Hall–Kier alpha value is -2.34. The van der Waals surface area contributed by atoms with Crippen molar-refractivity contribution in [3.05, 3.63) is 33.7 Å². The lowest BCUT2D eigenvalue weighted by Gasteiger charge is -2.30. The monoisotopic (exact) mass is 315 g/mol. The van der Waals surface area contributed by atoms with E-state index in [2.05, 4.69) is 0 Å². The van der Waals surface area contributed by atoms with Crippen LogP contribution < -0.4 is 10.6 Å². The van der Waals surface area contributed by atoms with E-state index < -0.39 is 29.1 Å². The summed E-state index contributed by atoms with van der Waals surface area (Å²) in [4.78, 5) is 23.7. The van der Waals surface area contributed by atoms with Crippen LogP contribution in [-0.2, 0) is 4.79 Å². The van der Waals surface area contributed by atoms with Crippen LogP contribution in [0.5, 0.6) is 0 Å². The molecule has 0 aromatic carbocycles. The van der Waals surface area contributed by atoms with Gasteiger partial charge in [0.2, 0.25) is 0 Å². The molecule has 0 saturated heterocycles. The molecule has 1 aromatic heterocycles. The summed E-state index contributed by atoms with van der Waals surface area (Å²) in [5, 5.41) is 14.1. The number of rotatable bonds is 2. The molecule has 2 rings (SSSR count). The second kappa shape index (κ2) is 4.89. The largest absolute Gasteiger partial charge is 0.425 e. The molecule has 110 valence electrons. The Labute approximate surface area is 121 Å². The lowest BCUT2D eigenvalue weighted by atomic mass is 9.90. The number of halogens is 3. The van der Waals surface area contributed by atoms with Crippen molar-refractivity contribution in [1.82, 2.24) is 10.6 Å². The molecule has 0 unspecified atom stereocenters. The molecule has 0 radical (unpaired) electrons. The van der Waals surface area contributed by atoms with Crippen molar-refractivity contribution in [2.75, 3.05) is 0 Å². The molecule has 2 amide bonds. The Balaban J connectivity index is 2.53. The van der Waals surface area contributed by atoms with Crippen LogP contribution in [0.1, 0.15) is 16.6 Å². The first-order valence-electron chi connectivity index (χ1n) is 5.59. The average Bonchev–Trinajstić information content (AvgIpc) is 2.96. The zero-order valence-electron chi connectivity index (χ0n) is 10.5. The number of nitriles is 1. The van der Waals surface area contributed by atoms with Crippen molar-refractivity contribution >= 4 is 23.2 Å².